The standard InChI is InChI=1S/C20H27F3N6O.HI/c1-2-24-20(27-14-18-25-7-8-29(18)19(22)23)26-13-17(28-9-11-30-12-10-28)15-3-5-16(21)6-4-15;/h3-8,17,19H,2,9-14H2,1H3,(H2,24,26,27);1H. The molecular weight excluding hydrogens is 524 g/mol. The van der Waals surface area contributed by atoms with Gasteiger partial charge in [0.15, 0.2) is 5.96 Å². The van der Waals surface area contributed by atoms with Gasteiger partial charge in [-0.05, 0) is 24.6 Å². The fourth-order valence-electron chi connectivity index (χ4n) is 3.36. The van der Waals surface area contributed by atoms with Crippen molar-refractivity contribution >= 4 is 29.9 Å². The number of nitrogens with one attached hydrogen (secondary N) is 2. The number of imidazole rings is 1. The number of hydrogen-bond acceptors (Lipinski definition) is 4. The van der Waals surface area contributed by atoms with Gasteiger partial charge in [0, 0.05) is 38.6 Å². The van der Waals surface area contributed by atoms with Gasteiger partial charge in [-0.2, -0.15) is 8.78 Å². The van der Waals surface area contributed by atoms with Crippen LogP contribution in [0.1, 0.15) is 30.9 Å². The maximum absolute atomic E-state index is 13.4. The lowest BCUT2D eigenvalue weighted by atomic mass is 10.0. The summed E-state index contributed by atoms with van der Waals surface area (Å²) in [5, 5.41) is 6.40. The molecular formula is C20H28F3IN6O. The van der Waals surface area contributed by atoms with Crippen molar-refractivity contribution in [3.8, 4) is 0 Å². The summed E-state index contributed by atoms with van der Waals surface area (Å²) in [6, 6.07) is 6.45. The summed E-state index contributed by atoms with van der Waals surface area (Å²) in [4.78, 5) is 10.6. The lowest BCUT2D eigenvalue weighted by molar-refractivity contribution is 0.0170. The summed E-state index contributed by atoms with van der Waals surface area (Å²) >= 11 is 0. The van der Waals surface area contributed by atoms with Crippen LogP contribution in [0.5, 0.6) is 0 Å². The van der Waals surface area contributed by atoms with Crippen LogP contribution in [-0.4, -0.2) is 59.8 Å². The van der Waals surface area contributed by atoms with Crippen molar-refractivity contribution in [1.82, 2.24) is 25.1 Å². The van der Waals surface area contributed by atoms with Gasteiger partial charge in [-0.1, -0.05) is 12.1 Å². The van der Waals surface area contributed by atoms with E-state index >= 15 is 0 Å². The van der Waals surface area contributed by atoms with Gasteiger partial charge in [0.25, 0.3) is 0 Å². The van der Waals surface area contributed by atoms with Crippen molar-refractivity contribution in [2.75, 3.05) is 39.4 Å². The molecule has 0 radical (unpaired) electrons. The monoisotopic (exact) mass is 552 g/mol. The Bertz CT molecular complexity index is 812. The van der Waals surface area contributed by atoms with Gasteiger partial charge in [0.05, 0.1) is 19.3 Å². The second-order valence-corrected chi connectivity index (χ2v) is 6.82. The maximum atomic E-state index is 13.4. The topological polar surface area (TPSA) is 66.7 Å². The molecule has 7 nitrogen and oxygen atoms in total. The second-order valence-electron chi connectivity index (χ2n) is 6.82. The number of aromatic nitrogens is 2. The number of nitrogens with zero attached hydrogens (tertiary/aromatic N) is 4. The Balaban J connectivity index is 0.00000341. The highest BCUT2D eigenvalue weighted by molar-refractivity contribution is 14.0. The molecule has 1 aliphatic heterocycles. The molecule has 0 bridgehead atoms. The van der Waals surface area contributed by atoms with E-state index in [1.54, 1.807) is 12.1 Å². The van der Waals surface area contributed by atoms with E-state index in [0.29, 0.717) is 32.3 Å². The van der Waals surface area contributed by atoms with Gasteiger partial charge in [-0.15, -0.1) is 24.0 Å². The van der Waals surface area contributed by atoms with E-state index in [1.807, 2.05) is 6.92 Å². The number of alkyl halides is 2. The number of rotatable bonds is 8. The van der Waals surface area contributed by atoms with Gasteiger partial charge in [-0.3, -0.25) is 9.47 Å². The van der Waals surface area contributed by atoms with Crippen LogP contribution in [0.4, 0.5) is 13.2 Å². The van der Waals surface area contributed by atoms with E-state index < -0.39 is 6.55 Å². The van der Waals surface area contributed by atoms with E-state index in [0.717, 1.165) is 23.2 Å². The molecule has 1 unspecified atom stereocenters. The summed E-state index contributed by atoms with van der Waals surface area (Å²) in [5.74, 6) is 0.407. The predicted molar refractivity (Wildman–Crippen MR) is 123 cm³/mol. The zero-order valence-electron chi connectivity index (χ0n) is 17.3. The van der Waals surface area contributed by atoms with Crippen molar-refractivity contribution in [2.45, 2.75) is 26.1 Å². The van der Waals surface area contributed by atoms with Crippen LogP contribution >= 0.6 is 24.0 Å². The van der Waals surface area contributed by atoms with E-state index in [9.17, 15) is 13.2 Å². The molecule has 2 aromatic rings. The third-order valence-electron chi connectivity index (χ3n) is 4.89. The minimum atomic E-state index is -2.66. The zero-order chi connectivity index (χ0) is 21.3. The van der Waals surface area contributed by atoms with Gasteiger partial charge < -0.3 is 15.4 Å². The molecule has 0 spiro atoms. The Morgan fingerprint density at radius 1 is 1.19 bits per heavy atom. The largest absolute Gasteiger partial charge is 0.379 e. The van der Waals surface area contributed by atoms with E-state index in [1.165, 1.54) is 24.5 Å². The SMILES string of the molecule is CCNC(=NCc1nccn1C(F)F)NCC(c1ccc(F)cc1)N1CCOCC1.I. The van der Waals surface area contributed by atoms with Gasteiger partial charge in [0.2, 0.25) is 0 Å². The second kappa shape index (κ2) is 12.9. The molecule has 1 fully saturated rings. The normalized spacial score (nSPS) is 16.1. The Morgan fingerprint density at radius 2 is 1.90 bits per heavy atom. The number of benzene rings is 1. The van der Waals surface area contributed by atoms with Gasteiger partial charge >= 0.3 is 6.55 Å². The molecule has 31 heavy (non-hydrogen) atoms. The first-order valence-corrected chi connectivity index (χ1v) is 9.97. The molecule has 0 amide bonds. The van der Waals surface area contributed by atoms with Gasteiger partial charge in [-0.25, -0.2) is 14.4 Å². The fraction of sp³-hybridized carbons (Fsp3) is 0.500. The highest BCUT2D eigenvalue weighted by Gasteiger charge is 2.23. The third kappa shape index (κ3) is 7.35. The molecule has 172 valence electrons. The van der Waals surface area contributed by atoms with Crippen molar-refractivity contribution in [1.29, 1.82) is 0 Å². The fourth-order valence-corrected chi connectivity index (χ4v) is 3.36. The molecule has 1 atom stereocenters. The van der Waals surface area contributed by atoms with Crippen LogP contribution in [0.2, 0.25) is 0 Å². The number of aliphatic imine (C=N–C) groups is 1. The van der Waals surface area contributed by atoms with E-state index in [4.69, 9.17) is 4.74 Å². The average Bonchev–Trinajstić information content (AvgIpc) is 3.23. The molecule has 2 N–H and O–H groups in total. The van der Waals surface area contributed by atoms with Crippen molar-refractivity contribution < 1.29 is 17.9 Å². The molecule has 1 aromatic heterocycles. The molecule has 1 saturated heterocycles. The van der Waals surface area contributed by atoms with E-state index in [-0.39, 0.29) is 48.2 Å². The minimum Gasteiger partial charge on any atom is -0.379 e. The summed E-state index contributed by atoms with van der Waals surface area (Å²) < 4.78 is 45.7. The summed E-state index contributed by atoms with van der Waals surface area (Å²) in [7, 11) is 0. The molecule has 3 rings (SSSR count). The summed E-state index contributed by atoms with van der Waals surface area (Å²) in [6.07, 6.45) is 2.57. The minimum absolute atomic E-state index is 0. The highest BCUT2D eigenvalue weighted by atomic mass is 127. The van der Waals surface area contributed by atoms with Crippen LogP contribution in [0.3, 0.4) is 0 Å². The molecule has 0 saturated carbocycles. The number of halogens is 4. The first-order valence-electron chi connectivity index (χ1n) is 9.97. The highest BCUT2D eigenvalue weighted by Crippen LogP contribution is 2.21. The summed E-state index contributed by atoms with van der Waals surface area (Å²) in [6.45, 7) is 3.24. The predicted octanol–water partition coefficient (Wildman–Crippen LogP) is 3.16. The number of guanidine groups is 1. The Kier molecular flexibility index (Phi) is 10.5. The Labute approximate surface area is 197 Å². The van der Waals surface area contributed by atoms with Crippen LogP contribution in [0.15, 0.2) is 41.7 Å². The van der Waals surface area contributed by atoms with Crippen LogP contribution < -0.4 is 10.6 Å². The smallest absolute Gasteiger partial charge is 0.319 e. The molecule has 11 heteroatoms. The Morgan fingerprint density at radius 3 is 2.55 bits per heavy atom. The first-order chi connectivity index (χ1) is 14.6. The van der Waals surface area contributed by atoms with Crippen molar-refractivity contribution in [3.05, 3.63) is 53.9 Å². The molecule has 1 aromatic carbocycles. The van der Waals surface area contributed by atoms with Crippen molar-refractivity contribution in [3.63, 3.8) is 0 Å². The van der Waals surface area contributed by atoms with Crippen LogP contribution in [0.25, 0.3) is 0 Å². The maximum Gasteiger partial charge on any atom is 0.319 e. The average molecular weight is 552 g/mol. The van der Waals surface area contributed by atoms with Crippen molar-refractivity contribution in [2.24, 2.45) is 4.99 Å². The number of ether oxygens (including phenoxy) is 1. The quantitative estimate of drug-likeness (QED) is 0.300. The first kappa shape index (κ1) is 25.4. The van der Waals surface area contributed by atoms with Gasteiger partial charge in [0.1, 0.15) is 18.2 Å². The molecule has 0 aliphatic carbocycles. The lowest BCUT2D eigenvalue weighted by Crippen LogP contribution is -2.46. The van der Waals surface area contributed by atoms with E-state index in [2.05, 4.69) is 25.5 Å². The number of hydrogen-bond donors (Lipinski definition) is 2. The van der Waals surface area contributed by atoms with Crippen LogP contribution in [0, 0.1) is 5.82 Å². The molecule has 1 aliphatic rings. The summed E-state index contributed by atoms with van der Waals surface area (Å²) in [5.41, 5.74) is 0.981. The Hall–Kier alpha value is -1.86. The zero-order valence-corrected chi connectivity index (χ0v) is 19.6. The number of morpholine rings is 1. The third-order valence-corrected chi connectivity index (χ3v) is 4.89. The lowest BCUT2D eigenvalue weighted by Gasteiger charge is -2.35. The van der Waals surface area contributed by atoms with Crippen LogP contribution in [-0.2, 0) is 11.3 Å². The molecule has 2 heterocycles.